The molecule has 1 spiro atoms. The van der Waals surface area contributed by atoms with Crippen LogP contribution in [0.2, 0.25) is 0 Å². The van der Waals surface area contributed by atoms with Gasteiger partial charge in [-0.1, -0.05) is 12.2 Å². The van der Waals surface area contributed by atoms with Gasteiger partial charge in [0.05, 0.1) is 0 Å². The third-order valence-electron chi connectivity index (χ3n) is 4.59. The van der Waals surface area contributed by atoms with Crippen LogP contribution in [0, 0.1) is 5.41 Å². The van der Waals surface area contributed by atoms with Gasteiger partial charge in [-0.15, -0.1) is 0 Å². The quantitative estimate of drug-likeness (QED) is 0.634. The molecule has 0 aromatic carbocycles. The molecule has 1 fully saturated rings. The molecule has 0 bridgehead atoms. The van der Waals surface area contributed by atoms with Gasteiger partial charge in [-0.2, -0.15) is 0 Å². The second kappa shape index (κ2) is 3.60. The summed E-state index contributed by atoms with van der Waals surface area (Å²) in [6.07, 6.45) is 8.04. The van der Waals surface area contributed by atoms with E-state index in [1.54, 1.807) is 0 Å². The molecule has 3 rings (SSSR count). The van der Waals surface area contributed by atoms with E-state index in [9.17, 15) is 0 Å². The maximum absolute atomic E-state index is 6.42. The van der Waals surface area contributed by atoms with E-state index in [-0.39, 0.29) is 5.41 Å². The summed E-state index contributed by atoms with van der Waals surface area (Å²) in [5, 5.41) is 3.49. The molecule has 0 amide bonds. The first-order chi connectivity index (χ1) is 7.72. The number of dihydropyridines is 1. The Morgan fingerprint density at radius 2 is 2.19 bits per heavy atom. The van der Waals surface area contributed by atoms with E-state index in [4.69, 9.17) is 5.73 Å². The van der Waals surface area contributed by atoms with Crippen LogP contribution in [0.25, 0.3) is 0 Å². The summed E-state index contributed by atoms with van der Waals surface area (Å²) in [6, 6.07) is 0.321. The summed E-state index contributed by atoms with van der Waals surface area (Å²) < 4.78 is 0. The lowest BCUT2D eigenvalue weighted by Gasteiger charge is -2.42. The summed E-state index contributed by atoms with van der Waals surface area (Å²) in [7, 11) is 2.21. The normalized spacial score (nSPS) is 33.0. The van der Waals surface area contributed by atoms with Gasteiger partial charge in [-0.25, -0.2) is 0 Å². The van der Waals surface area contributed by atoms with Crippen molar-refractivity contribution in [3.8, 4) is 0 Å². The van der Waals surface area contributed by atoms with Crippen molar-refractivity contribution >= 4 is 0 Å². The standard InChI is InChI=1S/C13H21N3/c1-16-7-4-13(5-8-16)10-3-2-6-15-11(10)9-12(13)14/h2-3,12,15H,4-9,14H2,1H3. The highest BCUT2D eigenvalue weighted by Crippen LogP contribution is 2.49. The van der Waals surface area contributed by atoms with E-state index >= 15 is 0 Å². The average Bonchev–Trinajstić information content (AvgIpc) is 2.57. The first-order valence-electron chi connectivity index (χ1n) is 6.30. The number of nitrogens with two attached hydrogens (primary N) is 1. The molecule has 0 radical (unpaired) electrons. The number of fused-ring (bicyclic) bond motifs is 1. The Bertz CT molecular complexity index is 348. The first-order valence-corrected chi connectivity index (χ1v) is 6.30. The highest BCUT2D eigenvalue weighted by molar-refractivity contribution is 5.42. The van der Waals surface area contributed by atoms with Gasteiger partial charge in [0.15, 0.2) is 0 Å². The Morgan fingerprint density at radius 3 is 2.94 bits per heavy atom. The lowest BCUT2D eigenvalue weighted by Crippen LogP contribution is -2.47. The van der Waals surface area contributed by atoms with Crippen molar-refractivity contribution in [2.24, 2.45) is 11.1 Å². The van der Waals surface area contributed by atoms with Crippen molar-refractivity contribution in [2.75, 3.05) is 26.7 Å². The molecular weight excluding hydrogens is 198 g/mol. The van der Waals surface area contributed by atoms with Crippen LogP contribution in [0.3, 0.4) is 0 Å². The molecule has 16 heavy (non-hydrogen) atoms. The summed E-state index contributed by atoms with van der Waals surface area (Å²) in [6.45, 7) is 3.33. The van der Waals surface area contributed by atoms with E-state index in [0.29, 0.717) is 6.04 Å². The maximum Gasteiger partial charge on any atom is 0.0331 e. The maximum atomic E-state index is 6.42. The molecule has 2 aliphatic heterocycles. The number of hydrogen-bond acceptors (Lipinski definition) is 3. The molecule has 88 valence electrons. The van der Waals surface area contributed by atoms with Crippen molar-refractivity contribution in [2.45, 2.75) is 25.3 Å². The van der Waals surface area contributed by atoms with E-state index < -0.39 is 0 Å². The number of rotatable bonds is 0. The van der Waals surface area contributed by atoms with Crippen LogP contribution in [0.5, 0.6) is 0 Å². The van der Waals surface area contributed by atoms with Crippen molar-refractivity contribution in [1.29, 1.82) is 0 Å². The van der Waals surface area contributed by atoms with Gasteiger partial charge >= 0.3 is 0 Å². The van der Waals surface area contributed by atoms with Gasteiger partial charge in [-0.3, -0.25) is 0 Å². The first kappa shape index (κ1) is 10.4. The molecule has 0 saturated carbocycles. The predicted molar refractivity (Wildman–Crippen MR) is 65.9 cm³/mol. The average molecular weight is 219 g/mol. The Morgan fingerprint density at radius 1 is 1.44 bits per heavy atom. The Labute approximate surface area is 97.4 Å². The molecule has 3 heteroatoms. The summed E-state index contributed by atoms with van der Waals surface area (Å²) in [4.78, 5) is 2.41. The smallest absolute Gasteiger partial charge is 0.0331 e. The number of piperidine rings is 1. The van der Waals surface area contributed by atoms with Crippen LogP contribution in [-0.4, -0.2) is 37.6 Å². The van der Waals surface area contributed by atoms with Gasteiger partial charge in [0.1, 0.15) is 0 Å². The fraction of sp³-hybridized carbons (Fsp3) is 0.692. The van der Waals surface area contributed by atoms with E-state index in [1.165, 1.54) is 37.2 Å². The zero-order chi connectivity index (χ0) is 11.2. The van der Waals surface area contributed by atoms with E-state index in [2.05, 4.69) is 29.4 Å². The minimum absolute atomic E-state index is 0.270. The highest BCUT2D eigenvalue weighted by atomic mass is 15.1. The second-order valence-corrected chi connectivity index (χ2v) is 5.45. The van der Waals surface area contributed by atoms with Gasteiger partial charge in [-0.05, 0) is 38.6 Å². The molecule has 1 saturated heterocycles. The largest absolute Gasteiger partial charge is 0.385 e. The van der Waals surface area contributed by atoms with Gasteiger partial charge in [0.2, 0.25) is 0 Å². The molecule has 1 aliphatic carbocycles. The third kappa shape index (κ3) is 1.35. The van der Waals surface area contributed by atoms with Crippen LogP contribution >= 0.6 is 0 Å². The highest BCUT2D eigenvalue weighted by Gasteiger charge is 2.47. The van der Waals surface area contributed by atoms with Crippen LogP contribution in [0.1, 0.15) is 19.3 Å². The molecule has 3 aliphatic rings. The molecule has 2 heterocycles. The van der Waals surface area contributed by atoms with E-state index in [1.807, 2.05) is 0 Å². The minimum atomic E-state index is 0.270. The number of nitrogens with zero attached hydrogens (tertiary/aromatic N) is 1. The summed E-state index contributed by atoms with van der Waals surface area (Å²) in [5.74, 6) is 0. The predicted octanol–water partition coefficient (Wildman–Crippen LogP) is 0.843. The number of allylic oxidation sites excluding steroid dienone is 1. The lowest BCUT2D eigenvalue weighted by molar-refractivity contribution is 0.140. The number of nitrogens with one attached hydrogen (secondary N) is 1. The molecule has 0 aromatic heterocycles. The summed E-state index contributed by atoms with van der Waals surface area (Å²) >= 11 is 0. The van der Waals surface area contributed by atoms with Crippen LogP contribution in [0.4, 0.5) is 0 Å². The topological polar surface area (TPSA) is 41.3 Å². The lowest BCUT2D eigenvalue weighted by atomic mass is 9.70. The fourth-order valence-corrected chi connectivity index (χ4v) is 3.48. The SMILES string of the molecule is CN1CCC2(CC1)C1=C(CC2N)NCC=C1. The van der Waals surface area contributed by atoms with Crippen molar-refractivity contribution in [3.63, 3.8) is 0 Å². The van der Waals surface area contributed by atoms with Gasteiger partial charge < -0.3 is 16.0 Å². The van der Waals surface area contributed by atoms with Crippen molar-refractivity contribution in [1.82, 2.24) is 10.2 Å². The monoisotopic (exact) mass is 219 g/mol. The third-order valence-corrected chi connectivity index (χ3v) is 4.59. The van der Waals surface area contributed by atoms with Gasteiger partial charge in [0, 0.05) is 30.1 Å². The zero-order valence-corrected chi connectivity index (χ0v) is 10.00. The van der Waals surface area contributed by atoms with Gasteiger partial charge in [0.25, 0.3) is 0 Å². The van der Waals surface area contributed by atoms with Crippen molar-refractivity contribution in [3.05, 3.63) is 23.4 Å². The summed E-state index contributed by atoms with van der Waals surface area (Å²) in [5.41, 5.74) is 9.61. The molecule has 3 N–H and O–H groups in total. The molecular formula is C13H21N3. The Hall–Kier alpha value is -0.800. The Kier molecular flexibility index (Phi) is 2.33. The molecule has 1 atom stereocenters. The Balaban J connectivity index is 1.93. The molecule has 1 unspecified atom stereocenters. The van der Waals surface area contributed by atoms with Crippen LogP contribution in [-0.2, 0) is 0 Å². The van der Waals surface area contributed by atoms with Crippen LogP contribution in [0.15, 0.2) is 23.4 Å². The number of hydrogen-bond donors (Lipinski definition) is 2. The fourth-order valence-electron chi connectivity index (χ4n) is 3.48. The number of likely N-dealkylation sites (tertiary alicyclic amines) is 1. The second-order valence-electron chi connectivity index (χ2n) is 5.45. The molecule has 3 nitrogen and oxygen atoms in total. The van der Waals surface area contributed by atoms with E-state index in [0.717, 1.165) is 13.0 Å². The zero-order valence-electron chi connectivity index (χ0n) is 10.00. The van der Waals surface area contributed by atoms with Crippen molar-refractivity contribution < 1.29 is 0 Å². The van der Waals surface area contributed by atoms with Crippen LogP contribution < -0.4 is 11.1 Å². The minimum Gasteiger partial charge on any atom is -0.385 e. The molecule has 0 aromatic rings.